The van der Waals surface area contributed by atoms with Crippen LogP contribution < -0.4 is 5.32 Å². The van der Waals surface area contributed by atoms with Gasteiger partial charge in [-0.3, -0.25) is 9.59 Å². The minimum atomic E-state index is -1.04. The fraction of sp³-hybridized carbons (Fsp3) is 0.333. The Hall–Kier alpha value is -2.70. The number of nitrogens with one attached hydrogen (secondary N) is 1. The van der Waals surface area contributed by atoms with Crippen molar-refractivity contribution in [3.8, 4) is 0 Å². The van der Waals surface area contributed by atoms with E-state index in [2.05, 4.69) is 5.32 Å². The number of furan rings is 1. The van der Waals surface area contributed by atoms with E-state index in [1.807, 2.05) is 0 Å². The third kappa shape index (κ3) is 4.04. The molecule has 2 aromatic rings. The molecule has 0 unspecified atom stereocenters. The standard InChI is InChI=1S/C18H18F2N2O3/c19-15-2-1-13(9-16(15)20)17(23)21-10-12-3-6-22(7-4-12)18(24)14-5-8-25-11-14/h1-2,5,8-9,11-12H,3-4,6-7,10H2,(H,21,23). The largest absolute Gasteiger partial charge is 0.472 e. The number of piperidine rings is 1. The highest BCUT2D eigenvalue weighted by atomic mass is 19.2. The smallest absolute Gasteiger partial charge is 0.257 e. The molecule has 0 radical (unpaired) electrons. The molecule has 132 valence electrons. The second-order valence-electron chi connectivity index (χ2n) is 6.09. The average molecular weight is 348 g/mol. The van der Waals surface area contributed by atoms with Crippen molar-refractivity contribution >= 4 is 11.8 Å². The van der Waals surface area contributed by atoms with E-state index in [4.69, 9.17) is 4.42 Å². The normalized spacial score (nSPS) is 15.2. The molecule has 0 aliphatic carbocycles. The van der Waals surface area contributed by atoms with Gasteiger partial charge in [0, 0.05) is 25.2 Å². The van der Waals surface area contributed by atoms with Crippen molar-refractivity contribution in [1.82, 2.24) is 10.2 Å². The number of likely N-dealkylation sites (tertiary alicyclic amines) is 1. The van der Waals surface area contributed by atoms with Gasteiger partial charge in [-0.25, -0.2) is 8.78 Å². The molecule has 1 aliphatic rings. The first kappa shape index (κ1) is 17.1. The quantitative estimate of drug-likeness (QED) is 0.924. The van der Waals surface area contributed by atoms with Crippen molar-refractivity contribution in [1.29, 1.82) is 0 Å². The Morgan fingerprint density at radius 2 is 1.88 bits per heavy atom. The van der Waals surface area contributed by atoms with E-state index in [0.29, 0.717) is 25.2 Å². The van der Waals surface area contributed by atoms with Crippen LogP contribution in [0.1, 0.15) is 33.6 Å². The van der Waals surface area contributed by atoms with Crippen molar-refractivity contribution in [2.24, 2.45) is 5.92 Å². The minimum Gasteiger partial charge on any atom is -0.472 e. The fourth-order valence-electron chi connectivity index (χ4n) is 2.89. The summed E-state index contributed by atoms with van der Waals surface area (Å²) in [6.45, 7) is 1.65. The first-order chi connectivity index (χ1) is 12.0. The second-order valence-corrected chi connectivity index (χ2v) is 6.09. The highest BCUT2D eigenvalue weighted by Gasteiger charge is 2.24. The van der Waals surface area contributed by atoms with Gasteiger partial charge in [0.15, 0.2) is 11.6 Å². The van der Waals surface area contributed by atoms with Crippen LogP contribution in [-0.4, -0.2) is 36.3 Å². The van der Waals surface area contributed by atoms with Gasteiger partial charge in [-0.2, -0.15) is 0 Å². The molecule has 0 bridgehead atoms. The predicted octanol–water partition coefficient (Wildman–Crippen LogP) is 2.84. The Morgan fingerprint density at radius 3 is 2.52 bits per heavy atom. The van der Waals surface area contributed by atoms with Crippen LogP contribution in [0.15, 0.2) is 41.2 Å². The van der Waals surface area contributed by atoms with E-state index in [-0.39, 0.29) is 17.4 Å². The van der Waals surface area contributed by atoms with Crippen LogP contribution in [0.4, 0.5) is 8.78 Å². The molecule has 1 N–H and O–H groups in total. The van der Waals surface area contributed by atoms with E-state index < -0.39 is 17.5 Å². The van der Waals surface area contributed by atoms with Gasteiger partial charge in [0.2, 0.25) is 0 Å². The summed E-state index contributed by atoms with van der Waals surface area (Å²) < 4.78 is 31.0. The molecule has 0 saturated carbocycles. The maximum atomic E-state index is 13.2. The summed E-state index contributed by atoms with van der Waals surface area (Å²) in [5.41, 5.74) is 0.622. The van der Waals surface area contributed by atoms with E-state index >= 15 is 0 Å². The number of benzene rings is 1. The van der Waals surface area contributed by atoms with Crippen molar-refractivity contribution in [3.63, 3.8) is 0 Å². The predicted molar refractivity (Wildman–Crippen MR) is 86.0 cm³/mol. The molecule has 2 heterocycles. The van der Waals surface area contributed by atoms with Crippen LogP contribution in [0.2, 0.25) is 0 Å². The third-order valence-electron chi connectivity index (χ3n) is 4.40. The van der Waals surface area contributed by atoms with Crippen molar-refractivity contribution in [3.05, 3.63) is 59.6 Å². The number of carbonyl (C=O) groups excluding carboxylic acids is 2. The Kier molecular flexibility index (Phi) is 5.11. The zero-order chi connectivity index (χ0) is 17.8. The highest BCUT2D eigenvalue weighted by Crippen LogP contribution is 2.19. The third-order valence-corrected chi connectivity index (χ3v) is 4.40. The van der Waals surface area contributed by atoms with Crippen molar-refractivity contribution in [2.45, 2.75) is 12.8 Å². The van der Waals surface area contributed by atoms with Crippen LogP contribution in [0.3, 0.4) is 0 Å². The van der Waals surface area contributed by atoms with Gasteiger partial charge in [0.25, 0.3) is 11.8 Å². The zero-order valence-corrected chi connectivity index (χ0v) is 13.5. The molecule has 1 aromatic carbocycles. The maximum Gasteiger partial charge on any atom is 0.257 e. The van der Waals surface area contributed by atoms with Crippen molar-refractivity contribution < 1.29 is 22.8 Å². The first-order valence-corrected chi connectivity index (χ1v) is 8.09. The molecule has 1 saturated heterocycles. The minimum absolute atomic E-state index is 0.0574. The van der Waals surface area contributed by atoms with E-state index in [0.717, 1.165) is 25.0 Å². The monoisotopic (exact) mass is 348 g/mol. The molecular formula is C18H18F2N2O3. The number of halogens is 2. The van der Waals surface area contributed by atoms with Gasteiger partial charge in [0.1, 0.15) is 6.26 Å². The van der Waals surface area contributed by atoms with Crippen LogP contribution in [-0.2, 0) is 0 Å². The molecule has 3 rings (SSSR count). The number of amides is 2. The highest BCUT2D eigenvalue weighted by molar-refractivity contribution is 5.94. The molecule has 0 atom stereocenters. The van der Waals surface area contributed by atoms with E-state index in [1.54, 1.807) is 11.0 Å². The summed E-state index contributed by atoms with van der Waals surface area (Å²) in [5, 5.41) is 2.74. The number of hydrogen-bond acceptors (Lipinski definition) is 3. The Balaban J connectivity index is 1.47. The molecule has 2 amide bonds. The summed E-state index contributed by atoms with van der Waals surface area (Å²) in [7, 11) is 0. The van der Waals surface area contributed by atoms with Gasteiger partial charge in [0.05, 0.1) is 11.8 Å². The lowest BCUT2D eigenvalue weighted by molar-refractivity contribution is 0.0683. The van der Waals surface area contributed by atoms with E-state index in [9.17, 15) is 18.4 Å². The molecule has 1 aromatic heterocycles. The van der Waals surface area contributed by atoms with Gasteiger partial charge in [-0.15, -0.1) is 0 Å². The van der Waals surface area contributed by atoms with Crippen LogP contribution in [0, 0.1) is 17.6 Å². The molecule has 25 heavy (non-hydrogen) atoms. The van der Waals surface area contributed by atoms with Gasteiger partial charge in [-0.05, 0) is 43.0 Å². The lowest BCUT2D eigenvalue weighted by Crippen LogP contribution is -2.41. The van der Waals surface area contributed by atoms with Crippen LogP contribution >= 0.6 is 0 Å². The number of carbonyl (C=O) groups is 2. The summed E-state index contributed by atoms with van der Waals surface area (Å²) >= 11 is 0. The second kappa shape index (κ2) is 7.46. The van der Waals surface area contributed by atoms with Crippen LogP contribution in [0.5, 0.6) is 0 Å². The molecule has 0 spiro atoms. The SMILES string of the molecule is O=C(NCC1CCN(C(=O)c2ccoc2)CC1)c1ccc(F)c(F)c1. The van der Waals surface area contributed by atoms with Gasteiger partial charge in [-0.1, -0.05) is 0 Å². The summed E-state index contributed by atoms with van der Waals surface area (Å²) in [6, 6.07) is 4.71. The van der Waals surface area contributed by atoms with Crippen LogP contribution in [0.25, 0.3) is 0 Å². The lowest BCUT2D eigenvalue weighted by Gasteiger charge is -2.31. The first-order valence-electron chi connectivity index (χ1n) is 8.09. The molecular weight excluding hydrogens is 330 g/mol. The summed E-state index contributed by atoms with van der Waals surface area (Å²) in [5.74, 6) is -2.28. The molecule has 5 nitrogen and oxygen atoms in total. The molecule has 1 aliphatic heterocycles. The summed E-state index contributed by atoms with van der Waals surface area (Å²) in [4.78, 5) is 26.0. The van der Waals surface area contributed by atoms with E-state index in [1.165, 1.54) is 18.6 Å². The number of hydrogen-bond donors (Lipinski definition) is 1. The van der Waals surface area contributed by atoms with Gasteiger partial charge < -0.3 is 14.6 Å². The Labute approximate surface area is 143 Å². The fourth-order valence-corrected chi connectivity index (χ4v) is 2.89. The average Bonchev–Trinajstić information content (AvgIpc) is 3.16. The molecule has 1 fully saturated rings. The maximum absolute atomic E-state index is 13.2. The lowest BCUT2D eigenvalue weighted by atomic mass is 9.96. The Morgan fingerprint density at radius 1 is 1.12 bits per heavy atom. The molecule has 7 heteroatoms. The van der Waals surface area contributed by atoms with Gasteiger partial charge >= 0.3 is 0 Å². The van der Waals surface area contributed by atoms with Crippen molar-refractivity contribution in [2.75, 3.05) is 19.6 Å². The topological polar surface area (TPSA) is 62.6 Å². The zero-order valence-electron chi connectivity index (χ0n) is 13.5. The summed E-state index contributed by atoms with van der Waals surface area (Å²) in [6.07, 6.45) is 4.42. The number of nitrogens with zero attached hydrogens (tertiary/aromatic N) is 1. The number of rotatable bonds is 4. The Bertz CT molecular complexity index is 754.